The van der Waals surface area contributed by atoms with Gasteiger partial charge in [-0.05, 0) is 36.8 Å². The fraction of sp³-hybridized carbons (Fsp3) is 0.364. The van der Waals surface area contributed by atoms with Crippen LogP contribution in [0, 0.1) is 5.92 Å². The summed E-state index contributed by atoms with van der Waals surface area (Å²) in [6.45, 7) is 0. The Morgan fingerprint density at radius 3 is 2.71 bits per heavy atom. The average molecular weight is 192 g/mol. The van der Waals surface area contributed by atoms with Crippen molar-refractivity contribution in [2.24, 2.45) is 5.92 Å². The minimum atomic E-state index is -1.04. The molecular formula is C11H12O3. The van der Waals surface area contributed by atoms with Crippen LogP contribution in [0.5, 0.6) is 5.75 Å². The maximum absolute atomic E-state index is 10.9. The Morgan fingerprint density at radius 2 is 2.14 bits per heavy atom. The van der Waals surface area contributed by atoms with Crippen LogP contribution in [-0.2, 0) is 6.42 Å². The van der Waals surface area contributed by atoms with E-state index in [0.29, 0.717) is 5.92 Å². The van der Waals surface area contributed by atoms with E-state index in [4.69, 9.17) is 5.11 Å². The van der Waals surface area contributed by atoms with Gasteiger partial charge in [0, 0.05) is 0 Å². The molecule has 2 N–H and O–H groups in total. The van der Waals surface area contributed by atoms with Gasteiger partial charge in [-0.1, -0.05) is 12.1 Å². The second-order valence-corrected chi connectivity index (χ2v) is 3.76. The summed E-state index contributed by atoms with van der Waals surface area (Å²) in [6, 6.07) is 4.89. The van der Waals surface area contributed by atoms with Gasteiger partial charge in [0.25, 0.3) is 0 Å². The van der Waals surface area contributed by atoms with Gasteiger partial charge in [-0.25, -0.2) is 4.79 Å². The molecule has 0 bridgehead atoms. The maximum Gasteiger partial charge on any atom is 0.339 e. The second-order valence-electron chi connectivity index (χ2n) is 3.76. The third kappa shape index (κ3) is 1.71. The van der Waals surface area contributed by atoms with Crippen molar-refractivity contribution >= 4 is 5.97 Å². The summed E-state index contributed by atoms with van der Waals surface area (Å²) in [5.41, 5.74) is 0.819. The highest BCUT2D eigenvalue weighted by Gasteiger charge is 2.25. The van der Waals surface area contributed by atoms with Crippen LogP contribution in [0.4, 0.5) is 0 Å². The van der Waals surface area contributed by atoms with Crippen LogP contribution >= 0.6 is 0 Å². The van der Waals surface area contributed by atoms with E-state index in [9.17, 15) is 9.90 Å². The predicted molar refractivity (Wildman–Crippen MR) is 51.5 cm³/mol. The first-order chi connectivity index (χ1) is 6.68. The highest BCUT2D eigenvalue weighted by molar-refractivity contribution is 5.92. The molecule has 0 amide bonds. The number of hydrogen-bond donors (Lipinski definition) is 2. The fourth-order valence-corrected chi connectivity index (χ4v) is 1.64. The van der Waals surface area contributed by atoms with E-state index in [1.54, 1.807) is 12.1 Å². The molecule has 1 aliphatic carbocycles. The molecule has 74 valence electrons. The van der Waals surface area contributed by atoms with Crippen molar-refractivity contribution in [1.29, 1.82) is 0 Å². The van der Waals surface area contributed by atoms with Crippen LogP contribution in [0.3, 0.4) is 0 Å². The quantitative estimate of drug-likeness (QED) is 0.770. The summed E-state index contributed by atoms with van der Waals surface area (Å²) < 4.78 is 0. The van der Waals surface area contributed by atoms with Crippen molar-refractivity contribution in [1.82, 2.24) is 0 Å². The molecule has 0 saturated heterocycles. The molecule has 1 aromatic rings. The topological polar surface area (TPSA) is 57.5 Å². The third-order valence-corrected chi connectivity index (χ3v) is 2.55. The number of carboxylic acid groups (broad SMARTS) is 1. The van der Waals surface area contributed by atoms with Gasteiger partial charge in [0.15, 0.2) is 0 Å². The standard InChI is InChI=1S/C11H12O3/c12-9-3-1-2-8(6-7-4-5-7)10(9)11(13)14/h1-3,7,12H,4-6H2,(H,13,14). The van der Waals surface area contributed by atoms with E-state index in [1.165, 1.54) is 18.9 Å². The number of aromatic hydroxyl groups is 1. The largest absolute Gasteiger partial charge is 0.507 e. The number of hydrogen-bond acceptors (Lipinski definition) is 2. The zero-order valence-corrected chi connectivity index (χ0v) is 7.73. The lowest BCUT2D eigenvalue weighted by Gasteiger charge is -2.06. The maximum atomic E-state index is 10.9. The van der Waals surface area contributed by atoms with Crippen LogP contribution in [-0.4, -0.2) is 16.2 Å². The summed E-state index contributed by atoms with van der Waals surface area (Å²) >= 11 is 0. The first-order valence-electron chi connectivity index (χ1n) is 4.72. The molecule has 0 unspecified atom stereocenters. The van der Waals surface area contributed by atoms with E-state index in [-0.39, 0.29) is 11.3 Å². The second kappa shape index (κ2) is 3.33. The fourth-order valence-electron chi connectivity index (χ4n) is 1.64. The van der Waals surface area contributed by atoms with Crippen LogP contribution in [0.1, 0.15) is 28.8 Å². The Labute approximate surface area is 82.0 Å². The number of aromatic carboxylic acids is 1. The zero-order valence-electron chi connectivity index (χ0n) is 7.73. The molecule has 0 aromatic heterocycles. The van der Waals surface area contributed by atoms with Crippen molar-refractivity contribution in [3.63, 3.8) is 0 Å². The summed E-state index contributed by atoms with van der Waals surface area (Å²) in [5.74, 6) is -0.552. The lowest BCUT2D eigenvalue weighted by Crippen LogP contribution is -2.03. The SMILES string of the molecule is O=C(O)c1c(O)cccc1CC1CC1. The van der Waals surface area contributed by atoms with Gasteiger partial charge >= 0.3 is 5.97 Å². The molecule has 3 nitrogen and oxygen atoms in total. The Hall–Kier alpha value is -1.51. The Bertz CT molecular complexity index is 367. The number of carboxylic acids is 1. The summed E-state index contributed by atoms with van der Waals surface area (Å²) in [6.07, 6.45) is 3.12. The highest BCUT2D eigenvalue weighted by Crippen LogP contribution is 2.34. The molecule has 1 aliphatic rings. The van der Waals surface area contributed by atoms with Crippen molar-refractivity contribution < 1.29 is 15.0 Å². The van der Waals surface area contributed by atoms with E-state index < -0.39 is 5.97 Å². The van der Waals surface area contributed by atoms with E-state index in [2.05, 4.69) is 0 Å². The normalized spacial score (nSPS) is 15.4. The molecule has 2 rings (SSSR count). The monoisotopic (exact) mass is 192 g/mol. The number of benzene rings is 1. The number of carbonyl (C=O) groups is 1. The van der Waals surface area contributed by atoms with Crippen LogP contribution in [0.25, 0.3) is 0 Å². The summed E-state index contributed by atoms with van der Waals surface area (Å²) in [5, 5.41) is 18.3. The molecular weight excluding hydrogens is 180 g/mol. The van der Waals surface area contributed by atoms with Gasteiger partial charge in [0.05, 0.1) is 0 Å². The van der Waals surface area contributed by atoms with Gasteiger partial charge in [-0.2, -0.15) is 0 Å². The van der Waals surface area contributed by atoms with Gasteiger partial charge in [0.1, 0.15) is 11.3 Å². The van der Waals surface area contributed by atoms with E-state index >= 15 is 0 Å². The first kappa shape index (κ1) is 9.06. The average Bonchev–Trinajstić information content (AvgIpc) is 2.87. The number of phenols is 1. The molecule has 1 saturated carbocycles. The molecule has 0 atom stereocenters. The van der Waals surface area contributed by atoms with Crippen molar-refractivity contribution in [2.75, 3.05) is 0 Å². The lowest BCUT2D eigenvalue weighted by atomic mass is 10.0. The minimum Gasteiger partial charge on any atom is -0.507 e. The Morgan fingerprint density at radius 1 is 1.43 bits per heavy atom. The number of rotatable bonds is 3. The molecule has 1 aromatic carbocycles. The molecule has 0 spiro atoms. The van der Waals surface area contributed by atoms with Crippen molar-refractivity contribution in [2.45, 2.75) is 19.3 Å². The third-order valence-electron chi connectivity index (χ3n) is 2.55. The van der Waals surface area contributed by atoms with Gasteiger partial charge in [0.2, 0.25) is 0 Å². The van der Waals surface area contributed by atoms with Crippen LogP contribution < -0.4 is 0 Å². The highest BCUT2D eigenvalue weighted by atomic mass is 16.4. The Balaban J connectivity index is 2.35. The molecule has 0 radical (unpaired) electrons. The zero-order chi connectivity index (χ0) is 10.1. The van der Waals surface area contributed by atoms with Crippen molar-refractivity contribution in [3.8, 4) is 5.75 Å². The molecule has 1 fully saturated rings. The van der Waals surface area contributed by atoms with Crippen LogP contribution in [0.15, 0.2) is 18.2 Å². The van der Waals surface area contributed by atoms with Gasteiger partial charge < -0.3 is 10.2 Å². The van der Waals surface area contributed by atoms with Crippen molar-refractivity contribution in [3.05, 3.63) is 29.3 Å². The molecule has 0 heterocycles. The lowest BCUT2D eigenvalue weighted by molar-refractivity contribution is 0.0692. The minimum absolute atomic E-state index is 0.0689. The summed E-state index contributed by atoms with van der Waals surface area (Å²) in [7, 11) is 0. The van der Waals surface area contributed by atoms with E-state index in [1.807, 2.05) is 0 Å². The molecule has 0 aliphatic heterocycles. The molecule has 14 heavy (non-hydrogen) atoms. The Kier molecular flexibility index (Phi) is 2.15. The molecule has 3 heteroatoms. The first-order valence-corrected chi connectivity index (χ1v) is 4.72. The van der Waals surface area contributed by atoms with Gasteiger partial charge in [-0.3, -0.25) is 0 Å². The smallest absolute Gasteiger partial charge is 0.339 e. The van der Waals surface area contributed by atoms with E-state index in [0.717, 1.165) is 12.0 Å². The van der Waals surface area contributed by atoms with Gasteiger partial charge in [-0.15, -0.1) is 0 Å². The summed E-state index contributed by atoms with van der Waals surface area (Å²) in [4.78, 5) is 10.9. The predicted octanol–water partition coefficient (Wildman–Crippen LogP) is 2.04. The van der Waals surface area contributed by atoms with Crippen LogP contribution in [0.2, 0.25) is 0 Å².